The number of rotatable bonds is 4. The molecule has 0 bridgehead atoms. The zero-order valence-electron chi connectivity index (χ0n) is 19.2. The molecule has 3 aliphatic heterocycles. The largest absolute Gasteiger partial charge is 0.378 e. The maximum atomic E-state index is 13.0. The number of thioether (sulfide) groups is 1. The molecule has 0 atom stereocenters. The van der Waals surface area contributed by atoms with Gasteiger partial charge in [0.15, 0.2) is 0 Å². The van der Waals surface area contributed by atoms with Crippen molar-refractivity contribution in [3.8, 4) is 0 Å². The Labute approximate surface area is 203 Å². The lowest BCUT2D eigenvalue weighted by Gasteiger charge is -2.30. The van der Waals surface area contributed by atoms with Gasteiger partial charge in [-0.05, 0) is 65.6 Å². The quantitative estimate of drug-likeness (QED) is 0.629. The molecule has 0 aliphatic carbocycles. The first-order chi connectivity index (χ1) is 16.5. The van der Waals surface area contributed by atoms with E-state index in [9.17, 15) is 14.4 Å². The summed E-state index contributed by atoms with van der Waals surface area (Å²) in [5, 5.41) is -0.399. The maximum Gasteiger partial charge on any atom is 0.294 e. The van der Waals surface area contributed by atoms with Crippen molar-refractivity contribution in [3.05, 3.63) is 69.6 Å². The minimum absolute atomic E-state index is 0.205. The van der Waals surface area contributed by atoms with Crippen LogP contribution in [0.3, 0.4) is 0 Å². The van der Waals surface area contributed by atoms with Crippen LogP contribution in [-0.4, -0.2) is 66.2 Å². The van der Waals surface area contributed by atoms with Crippen LogP contribution < -0.4 is 4.90 Å². The van der Waals surface area contributed by atoms with Gasteiger partial charge in [0.2, 0.25) is 5.91 Å². The van der Waals surface area contributed by atoms with E-state index in [-0.39, 0.29) is 12.5 Å². The summed E-state index contributed by atoms with van der Waals surface area (Å²) in [4.78, 5) is 43.8. The number of anilines is 1. The summed E-state index contributed by atoms with van der Waals surface area (Å²) in [6, 6.07) is 14.1. The summed E-state index contributed by atoms with van der Waals surface area (Å²) in [6.07, 6.45) is 2.52. The van der Waals surface area contributed by atoms with Crippen LogP contribution in [0.4, 0.5) is 10.5 Å². The number of ether oxygens (including phenoxy) is 1. The van der Waals surface area contributed by atoms with Crippen molar-refractivity contribution in [1.82, 2.24) is 9.80 Å². The van der Waals surface area contributed by atoms with E-state index in [2.05, 4.69) is 17.0 Å². The highest BCUT2D eigenvalue weighted by atomic mass is 32.2. The van der Waals surface area contributed by atoms with Gasteiger partial charge >= 0.3 is 0 Å². The van der Waals surface area contributed by atoms with Crippen LogP contribution in [0.15, 0.2) is 47.4 Å². The first kappa shape index (κ1) is 22.7. The molecule has 176 valence electrons. The molecule has 2 aromatic rings. The van der Waals surface area contributed by atoms with Gasteiger partial charge in [-0.25, -0.2) is 0 Å². The number of nitrogens with zero attached hydrogens (tertiary/aromatic N) is 3. The van der Waals surface area contributed by atoms with Crippen LogP contribution >= 0.6 is 11.8 Å². The van der Waals surface area contributed by atoms with Crippen molar-refractivity contribution >= 4 is 40.6 Å². The van der Waals surface area contributed by atoms with Crippen molar-refractivity contribution in [1.29, 1.82) is 0 Å². The van der Waals surface area contributed by atoms with Gasteiger partial charge in [-0.2, -0.15) is 0 Å². The van der Waals surface area contributed by atoms with E-state index >= 15 is 0 Å². The summed E-state index contributed by atoms with van der Waals surface area (Å²) in [7, 11) is 0. The third kappa shape index (κ3) is 4.60. The highest BCUT2D eigenvalue weighted by molar-refractivity contribution is 8.18. The molecule has 34 heavy (non-hydrogen) atoms. The van der Waals surface area contributed by atoms with E-state index in [0.717, 1.165) is 71.8 Å². The lowest BCUT2D eigenvalue weighted by atomic mass is 10.00. The monoisotopic (exact) mass is 477 g/mol. The third-order valence-corrected chi connectivity index (χ3v) is 7.43. The SMILES string of the molecule is Cc1cc(C=C2SC(=O)N(CC(=O)N3CCc4ccccc4C3)C2=O)ccc1N1CCOCC1. The molecule has 0 radical (unpaired) electrons. The first-order valence-corrected chi connectivity index (χ1v) is 12.3. The van der Waals surface area contributed by atoms with Gasteiger partial charge in [0, 0.05) is 31.9 Å². The lowest BCUT2D eigenvalue weighted by molar-refractivity contribution is -0.136. The number of hydrogen-bond acceptors (Lipinski definition) is 6. The van der Waals surface area contributed by atoms with Crippen LogP contribution in [0.25, 0.3) is 6.08 Å². The summed E-state index contributed by atoms with van der Waals surface area (Å²) < 4.78 is 5.43. The van der Waals surface area contributed by atoms with Gasteiger partial charge in [0.25, 0.3) is 11.1 Å². The molecule has 0 spiro atoms. The van der Waals surface area contributed by atoms with Gasteiger partial charge in [0.05, 0.1) is 18.1 Å². The lowest BCUT2D eigenvalue weighted by Crippen LogP contribution is -2.44. The van der Waals surface area contributed by atoms with E-state index in [1.807, 2.05) is 37.3 Å². The Morgan fingerprint density at radius 2 is 1.82 bits per heavy atom. The van der Waals surface area contributed by atoms with Crippen LogP contribution in [-0.2, 0) is 27.3 Å². The van der Waals surface area contributed by atoms with Crippen LogP contribution in [0.5, 0.6) is 0 Å². The van der Waals surface area contributed by atoms with Crippen LogP contribution in [0.1, 0.15) is 22.3 Å². The molecule has 2 aromatic carbocycles. The highest BCUT2D eigenvalue weighted by Gasteiger charge is 2.37. The van der Waals surface area contributed by atoms with E-state index in [1.165, 1.54) is 5.56 Å². The average Bonchev–Trinajstić information content (AvgIpc) is 3.11. The number of carbonyl (C=O) groups is 3. The number of amides is 3. The molecular formula is C26H27N3O4S. The van der Waals surface area contributed by atoms with Crippen molar-refractivity contribution in [2.45, 2.75) is 19.9 Å². The topological polar surface area (TPSA) is 70.2 Å². The molecule has 0 saturated carbocycles. The molecule has 2 fully saturated rings. The third-order valence-electron chi connectivity index (χ3n) is 6.52. The number of hydrogen-bond donors (Lipinski definition) is 0. The first-order valence-electron chi connectivity index (χ1n) is 11.5. The van der Waals surface area contributed by atoms with Crippen molar-refractivity contribution in [2.24, 2.45) is 0 Å². The number of morpholine rings is 1. The predicted molar refractivity (Wildman–Crippen MR) is 132 cm³/mol. The molecule has 0 N–H and O–H groups in total. The Hall–Kier alpha value is -3.10. The van der Waals surface area contributed by atoms with E-state index in [4.69, 9.17) is 4.74 Å². The predicted octanol–water partition coefficient (Wildman–Crippen LogP) is 3.45. The molecule has 0 aromatic heterocycles. The minimum Gasteiger partial charge on any atom is -0.378 e. The zero-order valence-corrected chi connectivity index (χ0v) is 20.0. The number of aryl methyl sites for hydroxylation is 1. The van der Waals surface area contributed by atoms with Gasteiger partial charge < -0.3 is 14.5 Å². The minimum atomic E-state index is -0.407. The summed E-state index contributed by atoms with van der Waals surface area (Å²) in [5.41, 5.74) is 5.49. The van der Waals surface area contributed by atoms with Gasteiger partial charge in [-0.1, -0.05) is 30.3 Å². The number of fused-ring (bicyclic) bond motifs is 1. The number of benzene rings is 2. The van der Waals surface area contributed by atoms with Crippen LogP contribution in [0.2, 0.25) is 0 Å². The van der Waals surface area contributed by atoms with E-state index < -0.39 is 11.1 Å². The summed E-state index contributed by atoms with van der Waals surface area (Å²) in [5.74, 6) is -0.612. The second-order valence-corrected chi connectivity index (χ2v) is 9.74. The van der Waals surface area contributed by atoms with E-state index in [1.54, 1.807) is 11.0 Å². The van der Waals surface area contributed by atoms with Crippen LogP contribution in [0, 0.1) is 6.92 Å². The standard InChI is InChI=1S/C26H27N3O4S/c1-18-14-19(6-7-22(18)27-10-12-33-13-11-27)15-23-25(31)29(26(32)34-23)17-24(30)28-9-8-20-4-2-3-5-21(20)16-28/h2-7,14-15H,8-13,16-17H2,1H3. The molecular weight excluding hydrogens is 450 g/mol. The smallest absolute Gasteiger partial charge is 0.294 e. The second kappa shape index (κ2) is 9.64. The average molecular weight is 478 g/mol. The Kier molecular flexibility index (Phi) is 6.43. The maximum absolute atomic E-state index is 13.0. The fourth-order valence-corrected chi connectivity index (χ4v) is 5.50. The van der Waals surface area contributed by atoms with Crippen molar-refractivity contribution < 1.29 is 19.1 Å². The van der Waals surface area contributed by atoms with Gasteiger partial charge in [-0.15, -0.1) is 0 Å². The fourth-order valence-electron chi connectivity index (χ4n) is 4.66. The molecule has 8 heteroatoms. The molecule has 5 rings (SSSR count). The normalized spacial score (nSPS) is 19.7. The Bertz CT molecular complexity index is 1170. The zero-order chi connectivity index (χ0) is 23.7. The summed E-state index contributed by atoms with van der Waals surface area (Å²) in [6.45, 7) is 6.08. The molecule has 0 unspecified atom stereocenters. The van der Waals surface area contributed by atoms with Gasteiger partial charge in [-0.3, -0.25) is 19.3 Å². The molecule has 3 aliphatic rings. The Morgan fingerprint density at radius 1 is 1.06 bits per heavy atom. The van der Waals surface area contributed by atoms with Gasteiger partial charge in [0.1, 0.15) is 6.54 Å². The fraction of sp³-hybridized carbons (Fsp3) is 0.346. The Balaban J connectivity index is 1.26. The summed E-state index contributed by atoms with van der Waals surface area (Å²) >= 11 is 0.893. The Morgan fingerprint density at radius 3 is 2.59 bits per heavy atom. The van der Waals surface area contributed by atoms with E-state index in [0.29, 0.717) is 18.0 Å². The second-order valence-electron chi connectivity index (χ2n) is 8.75. The molecule has 2 saturated heterocycles. The van der Waals surface area contributed by atoms with Crippen molar-refractivity contribution in [2.75, 3.05) is 44.3 Å². The molecule has 3 heterocycles. The highest BCUT2D eigenvalue weighted by Crippen LogP contribution is 2.33. The number of imide groups is 1. The molecule has 7 nitrogen and oxygen atoms in total. The van der Waals surface area contributed by atoms with Crippen molar-refractivity contribution in [3.63, 3.8) is 0 Å². The number of carbonyl (C=O) groups excluding carboxylic acids is 3. The molecule has 3 amide bonds.